The smallest absolute Gasteiger partial charge is 0.238 e. The zero-order valence-corrected chi connectivity index (χ0v) is 16.6. The van der Waals surface area contributed by atoms with Gasteiger partial charge in [-0.25, -0.2) is 4.39 Å². The Balaban J connectivity index is 1.16. The highest BCUT2D eigenvalue weighted by Crippen LogP contribution is 2.65. The molecule has 2 bridgehead atoms. The van der Waals surface area contributed by atoms with Crippen molar-refractivity contribution < 1.29 is 23.5 Å². The molecule has 0 aromatic heterocycles. The topological polar surface area (TPSA) is 63.7 Å². The Morgan fingerprint density at radius 3 is 2.06 bits per heavy atom. The van der Waals surface area contributed by atoms with Crippen LogP contribution in [0.5, 0.6) is 5.75 Å². The third-order valence-electron chi connectivity index (χ3n) is 7.29. The molecule has 6 atom stereocenters. The molecular weight excluding hydrogens is 397 g/mol. The fourth-order valence-corrected chi connectivity index (χ4v) is 5.77. The molecule has 1 heterocycles. The van der Waals surface area contributed by atoms with Crippen LogP contribution < -0.4 is 9.64 Å². The van der Waals surface area contributed by atoms with E-state index in [0.717, 1.165) is 6.42 Å². The first-order valence-corrected chi connectivity index (χ1v) is 10.6. The maximum Gasteiger partial charge on any atom is 0.238 e. The van der Waals surface area contributed by atoms with E-state index < -0.39 is 5.82 Å². The van der Waals surface area contributed by atoms with Crippen LogP contribution in [0.25, 0.3) is 0 Å². The van der Waals surface area contributed by atoms with E-state index in [1.54, 1.807) is 24.3 Å². The van der Waals surface area contributed by atoms with Crippen molar-refractivity contribution in [2.24, 2.45) is 35.5 Å². The Kier molecular flexibility index (Phi) is 3.94. The van der Waals surface area contributed by atoms with Crippen molar-refractivity contribution in [2.45, 2.75) is 6.42 Å². The third kappa shape index (κ3) is 2.77. The number of allylic oxidation sites excluding steroid dienone is 2. The zero-order valence-electron chi connectivity index (χ0n) is 16.6. The number of amides is 2. The molecule has 2 aromatic carbocycles. The third-order valence-corrected chi connectivity index (χ3v) is 7.29. The van der Waals surface area contributed by atoms with Crippen LogP contribution in [0.2, 0.25) is 0 Å². The molecule has 2 saturated carbocycles. The number of hydrogen-bond donors (Lipinski definition) is 0. The number of anilines is 1. The minimum absolute atomic E-state index is 0.0974. The van der Waals surface area contributed by atoms with Gasteiger partial charge in [-0.3, -0.25) is 19.3 Å². The van der Waals surface area contributed by atoms with Crippen LogP contribution in [0.4, 0.5) is 10.1 Å². The van der Waals surface area contributed by atoms with Crippen LogP contribution in [0.1, 0.15) is 16.8 Å². The summed E-state index contributed by atoms with van der Waals surface area (Å²) in [6.07, 6.45) is 5.45. The molecule has 7 rings (SSSR count). The second kappa shape index (κ2) is 6.61. The van der Waals surface area contributed by atoms with Crippen molar-refractivity contribution in [3.05, 3.63) is 72.1 Å². The summed E-state index contributed by atoms with van der Waals surface area (Å²) in [5.41, 5.74) is 0.907. The molecule has 1 saturated heterocycles. The van der Waals surface area contributed by atoms with Gasteiger partial charge in [-0.15, -0.1) is 0 Å². The van der Waals surface area contributed by atoms with Gasteiger partial charge in [0.25, 0.3) is 0 Å². The number of imide groups is 1. The van der Waals surface area contributed by atoms with E-state index in [-0.39, 0.29) is 47.9 Å². The first-order chi connectivity index (χ1) is 15.0. The van der Waals surface area contributed by atoms with Crippen LogP contribution >= 0.6 is 0 Å². The molecule has 0 unspecified atom stereocenters. The van der Waals surface area contributed by atoms with Crippen LogP contribution in [0.15, 0.2) is 60.7 Å². The van der Waals surface area contributed by atoms with E-state index in [0.29, 0.717) is 28.8 Å². The van der Waals surface area contributed by atoms with Crippen molar-refractivity contribution >= 4 is 23.3 Å². The highest BCUT2D eigenvalue weighted by Gasteiger charge is 2.67. The molecule has 4 aliphatic carbocycles. The van der Waals surface area contributed by atoms with Crippen molar-refractivity contribution in [1.29, 1.82) is 0 Å². The molecule has 0 N–H and O–H groups in total. The Labute approximate surface area is 178 Å². The number of carbonyl (C=O) groups is 3. The lowest BCUT2D eigenvalue weighted by atomic mass is 9.63. The standard InChI is InChI=1S/C25H20FNO4/c26-14-3-1-13(2-4-14)21(28)12-31-16-7-5-15(6-8-16)27-24(29)22-17-9-10-18(20-11-19(17)20)23(22)25(27)30/h1-10,17-20,22-23H,11-12H2/t17-,18-,19-,20+,22+,23+/m0/s1. The quantitative estimate of drug-likeness (QED) is 0.423. The average Bonchev–Trinajstić information content (AvgIpc) is 3.56. The van der Waals surface area contributed by atoms with Gasteiger partial charge in [0.05, 0.1) is 17.5 Å². The second-order valence-corrected chi connectivity index (χ2v) is 8.88. The maximum atomic E-state index is 13.2. The van der Waals surface area contributed by atoms with E-state index >= 15 is 0 Å². The molecule has 0 spiro atoms. The summed E-state index contributed by atoms with van der Waals surface area (Å²) in [5, 5.41) is 0. The number of halogens is 1. The minimum atomic E-state index is -0.403. The fraction of sp³-hybridized carbons (Fsp3) is 0.320. The molecule has 5 nitrogen and oxygen atoms in total. The van der Waals surface area contributed by atoms with Crippen molar-refractivity contribution in [3.63, 3.8) is 0 Å². The van der Waals surface area contributed by atoms with E-state index in [9.17, 15) is 18.8 Å². The predicted octanol–water partition coefficient (Wildman–Crippen LogP) is 3.64. The molecule has 5 aliphatic rings. The van der Waals surface area contributed by atoms with Gasteiger partial charge in [0.1, 0.15) is 11.6 Å². The molecule has 1 aliphatic heterocycles. The fourth-order valence-electron chi connectivity index (χ4n) is 5.77. The summed E-state index contributed by atoms with van der Waals surface area (Å²) in [4.78, 5) is 39.8. The predicted molar refractivity (Wildman–Crippen MR) is 110 cm³/mol. The highest BCUT2D eigenvalue weighted by molar-refractivity contribution is 6.22. The monoisotopic (exact) mass is 417 g/mol. The molecule has 31 heavy (non-hydrogen) atoms. The van der Waals surface area contributed by atoms with Crippen LogP contribution in [-0.4, -0.2) is 24.2 Å². The number of Topliss-reactive ketones (excluding diaryl/α,β-unsaturated/α-hetero) is 1. The summed E-state index contributed by atoms with van der Waals surface area (Å²) < 4.78 is 18.5. The van der Waals surface area contributed by atoms with Gasteiger partial charge < -0.3 is 4.74 Å². The SMILES string of the molecule is O=C(COc1ccc(N2C(=O)[C@@H]3[C@H]4C=C[C@@H]([C@@H]5C[C@H]45)[C@H]3C2=O)cc1)c1ccc(F)cc1. The molecule has 2 aromatic rings. The van der Waals surface area contributed by atoms with Crippen LogP contribution in [-0.2, 0) is 9.59 Å². The maximum absolute atomic E-state index is 13.2. The zero-order chi connectivity index (χ0) is 21.3. The average molecular weight is 417 g/mol. The highest BCUT2D eigenvalue weighted by atomic mass is 19.1. The van der Waals surface area contributed by atoms with Gasteiger partial charge in [-0.05, 0) is 78.6 Å². The number of hydrogen-bond acceptors (Lipinski definition) is 4. The van der Waals surface area contributed by atoms with E-state index in [2.05, 4.69) is 12.2 Å². The summed E-state index contributed by atoms with van der Waals surface area (Å²) in [6.45, 7) is -0.186. The minimum Gasteiger partial charge on any atom is -0.485 e. The number of nitrogens with zero attached hydrogens (tertiary/aromatic N) is 1. The lowest BCUT2D eigenvalue weighted by Crippen LogP contribution is -2.40. The van der Waals surface area contributed by atoms with Gasteiger partial charge >= 0.3 is 0 Å². The van der Waals surface area contributed by atoms with Gasteiger partial charge in [0.2, 0.25) is 11.8 Å². The molecule has 0 radical (unpaired) electrons. The summed E-state index contributed by atoms with van der Waals surface area (Å²) in [6, 6.07) is 12.0. The molecule has 156 valence electrons. The van der Waals surface area contributed by atoms with Crippen LogP contribution in [0, 0.1) is 41.3 Å². The summed E-state index contributed by atoms with van der Waals surface area (Å²) in [7, 11) is 0. The lowest BCUT2D eigenvalue weighted by Gasteiger charge is -2.37. The summed E-state index contributed by atoms with van der Waals surface area (Å²) >= 11 is 0. The van der Waals surface area contributed by atoms with E-state index in [1.165, 1.54) is 29.2 Å². The Morgan fingerprint density at radius 2 is 1.48 bits per heavy atom. The molecule has 6 heteroatoms. The number of ketones is 1. The van der Waals surface area contributed by atoms with Crippen molar-refractivity contribution in [2.75, 3.05) is 11.5 Å². The van der Waals surface area contributed by atoms with Crippen molar-refractivity contribution in [3.8, 4) is 5.75 Å². The number of ether oxygens (including phenoxy) is 1. The first kappa shape index (κ1) is 18.5. The molecule has 2 amide bonds. The van der Waals surface area contributed by atoms with Gasteiger partial charge in [0, 0.05) is 5.56 Å². The summed E-state index contributed by atoms with van der Waals surface area (Å²) in [5.74, 6) is 0.677. The number of benzene rings is 2. The Morgan fingerprint density at radius 1 is 0.903 bits per heavy atom. The van der Waals surface area contributed by atoms with E-state index in [1.807, 2.05) is 0 Å². The van der Waals surface area contributed by atoms with Gasteiger partial charge in [0.15, 0.2) is 12.4 Å². The Bertz CT molecular complexity index is 1090. The largest absolute Gasteiger partial charge is 0.485 e. The number of rotatable bonds is 5. The van der Waals surface area contributed by atoms with Gasteiger partial charge in [-0.2, -0.15) is 0 Å². The molecular formula is C25H20FNO4. The second-order valence-electron chi connectivity index (χ2n) is 8.88. The van der Waals surface area contributed by atoms with E-state index in [4.69, 9.17) is 4.74 Å². The normalized spacial score (nSPS) is 32.1. The Hall–Kier alpha value is -3.28. The van der Waals surface area contributed by atoms with Gasteiger partial charge in [-0.1, -0.05) is 12.2 Å². The molecule has 3 fully saturated rings. The van der Waals surface area contributed by atoms with Crippen LogP contribution in [0.3, 0.4) is 0 Å². The number of carbonyl (C=O) groups excluding carboxylic acids is 3. The van der Waals surface area contributed by atoms with Crippen molar-refractivity contribution in [1.82, 2.24) is 0 Å². The lowest BCUT2D eigenvalue weighted by molar-refractivity contribution is -0.124. The first-order valence-electron chi connectivity index (χ1n) is 10.6.